The Labute approximate surface area is 84.6 Å². The maximum absolute atomic E-state index is 11.6. The van der Waals surface area contributed by atoms with Crippen LogP contribution in [0.1, 0.15) is 39.3 Å². The van der Waals surface area contributed by atoms with Crippen molar-refractivity contribution < 1.29 is 0 Å². The van der Waals surface area contributed by atoms with Crippen LogP contribution in [-0.2, 0) is 0 Å². The van der Waals surface area contributed by atoms with Crippen LogP contribution in [0.3, 0.4) is 0 Å². The van der Waals surface area contributed by atoms with Crippen LogP contribution >= 0.6 is 0 Å². The van der Waals surface area contributed by atoms with Crippen LogP contribution in [0.5, 0.6) is 0 Å². The number of rotatable bonds is 3. The monoisotopic (exact) mass is 194 g/mol. The first-order valence-corrected chi connectivity index (χ1v) is 5.07. The van der Waals surface area contributed by atoms with Crippen LogP contribution in [0.25, 0.3) is 0 Å². The second-order valence-corrected chi connectivity index (χ2v) is 4.32. The fraction of sp³-hybridized carbons (Fsp3) is 0.636. The van der Waals surface area contributed by atoms with Gasteiger partial charge in [0.2, 0.25) is 0 Å². The Morgan fingerprint density at radius 1 is 1.21 bits per heavy atom. The minimum Gasteiger partial charge on any atom is -0.326 e. The van der Waals surface area contributed by atoms with E-state index in [0.29, 0.717) is 17.5 Å². The van der Waals surface area contributed by atoms with Crippen LogP contribution in [0.15, 0.2) is 17.2 Å². The van der Waals surface area contributed by atoms with Crippen molar-refractivity contribution in [2.45, 2.75) is 33.6 Å². The average molecular weight is 194 g/mol. The van der Waals surface area contributed by atoms with Crippen LogP contribution in [0.2, 0.25) is 0 Å². The quantitative estimate of drug-likeness (QED) is 0.801. The van der Waals surface area contributed by atoms with E-state index in [9.17, 15) is 4.79 Å². The van der Waals surface area contributed by atoms with Crippen LogP contribution < -0.4 is 5.56 Å². The summed E-state index contributed by atoms with van der Waals surface area (Å²) in [5.41, 5.74) is 0.609. The van der Waals surface area contributed by atoms with E-state index in [2.05, 4.69) is 37.7 Å². The highest BCUT2D eigenvalue weighted by Gasteiger charge is 2.23. The smallest absolute Gasteiger partial charge is 0.269 e. The number of hydrogen-bond acceptors (Lipinski definition) is 2. The molecular formula is C11H18N2O. The predicted molar refractivity (Wildman–Crippen MR) is 57.3 cm³/mol. The fourth-order valence-corrected chi connectivity index (χ4v) is 2.00. The lowest BCUT2D eigenvalue weighted by Crippen LogP contribution is -2.24. The van der Waals surface area contributed by atoms with Gasteiger partial charge in [-0.3, -0.25) is 9.78 Å². The molecule has 0 aliphatic rings. The zero-order valence-electron chi connectivity index (χ0n) is 9.24. The average Bonchev–Trinajstić information content (AvgIpc) is 2.07. The molecule has 0 aromatic carbocycles. The van der Waals surface area contributed by atoms with E-state index in [1.807, 2.05) is 0 Å². The van der Waals surface area contributed by atoms with Gasteiger partial charge in [0, 0.05) is 18.3 Å². The topological polar surface area (TPSA) is 45.8 Å². The van der Waals surface area contributed by atoms with Gasteiger partial charge in [-0.05, 0) is 11.8 Å². The molecule has 0 fully saturated rings. The number of nitrogens with one attached hydrogen (secondary N) is 1. The molecule has 3 heteroatoms. The van der Waals surface area contributed by atoms with Gasteiger partial charge >= 0.3 is 0 Å². The van der Waals surface area contributed by atoms with Gasteiger partial charge in [-0.25, -0.2) is 0 Å². The molecule has 14 heavy (non-hydrogen) atoms. The third-order valence-corrected chi connectivity index (χ3v) is 2.49. The van der Waals surface area contributed by atoms with Crippen molar-refractivity contribution in [2.75, 3.05) is 0 Å². The van der Waals surface area contributed by atoms with Gasteiger partial charge in [-0.1, -0.05) is 27.7 Å². The molecule has 1 rings (SSSR count). The van der Waals surface area contributed by atoms with E-state index < -0.39 is 0 Å². The Balaban J connectivity index is 3.12. The molecule has 78 valence electrons. The highest BCUT2D eigenvalue weighted by molar-refractivity contribution is 5.06. The van der Waals surface area contributed by atoms with Crippen LogP contribution in [0.4, 0.5) is 0 Å². The Kier molecular flexibility index (Phi) is 3.44. The van der Waals surface area contributed by atoms with E-state index in [4.69, 9.17) is 0 Å². The molecule has 0 amide bonds. The summed E-state index contributed by atoms with van der Waals surface area (Å²) in [6, 6.07) is 0. The van der Waals surface area contributed by atoms with Gasteiger partial charge in [-0.15, -0.1) is 0 Å². The zero-order valence-corrected chi connectivity index (χ0v) is 9.24. The molecule has 1 aromatic rings. The van der Waals surface area contributed by atoms with Gasteiger partial charge in [0.25, 0.3) is 5.56 Å². The van der Waals surface area contributed by atoms with E-state index in [1.165, 1.54) is 0 Å². The minimum atomic E-state index is -0.0556. The molecular weight excluding hydrogens is 176 g/mol. The van der Waals surface area contributed by atoms with E-state index in [1.54, 1.807) is 12.4 Å². The van der Waals surface area contributed by atoms with E-state index in [0.717, 1.165) is 0 Å². The van der Waals surface area contributed by atoms with E-state index in [-0.39, 0.29) is 11.5 Å². The Bertz CT molecular complexity index is 333. The molecule has 0 bridgehead atoms. The zero-order chi connectivity index (χ0) is 10.7. The largest absolute Gasteiger partial charge is 0.326 e. The van der Waals surface area contributed by atoms with Crippen molar-refractivity contribution in [3.05, 3.63) is 28.4 Å². The molecule has 0 saturated carbocycles. The Morgan fingerprint density at radius 2 is 1.79 bits per heavy atom. The highest BCUT2D eigenvalue weighted by Crippen LogP contribution is 2.27. The summed E-state index contributed by atoms with van der Waals surface area (Å²) in [5, 5.41) is 0. The molecule has 1 N–H and O–H groups in total. The summed E-state index contributed by atoms with van der Waals surface area (Å²) in [6.45, 7) is 8.50. The second kappa shape index (κ2) is 4.40. The summed E-state index contributed by atoms with van der Waals surface area (Å²) in [7, 11) is 0. The molecule has 0 unspecified atom stereocenters. The summed E-state index contributed by atoms with van der Waals surface area (Å²) < 4.78 is 0. The standard InChI is InChI=1S/C11H18N2O/c1-7(2)9(8(3)4)10-11(14)13-6-5-12-10/h5-9H,1-4H3,(H,13,14). The molecule has 0 aliphatic heterocycles. The first-order chi connectivity index (χ1) is 6.54. The predicted octanol–water partition coefficient (Wildman–Crippen LogP) is 2.17. The van der Waals surface area contributed by atoms with Gasteiger partial charge < -0.3 is 4.98 Å². The fourth-order valence-electron chi connectivity index (χ4n) is 2.00. The molecule has 0 saturated heterocycles. The van der Waals surface area contributed by atoms with E-state index >= 15 is 0 Å². The van der Waals surface area contributed by atoms with Crippen molar-refractivity contribution >= 4 is 0 Å². The Morgan fingerprint density at radius 3 is 2.21 bits per heavy atom. The molecule has 1 aromatic heterocycles. The number of aromatic amines is 1. The SMILES string of the molecule is CC(C)C(c1ncc[nH]c1=O)C(C)C. The Hall–Kier alpha value is -1.12. The third kappa shape index (κ3) is 2.22. The maximum Gasteiger partial charge on any atom is 0.269 e. The van der Waals surface area contributed by atoms with Crippen molar-refractivity contribution in [2.24, 2.45) is 11.8 Å². The first kappa shape index (κ1) is 11.0. The second-order valence-electron chi connectivity index (χ2n) is 4.32. The molecule has 0 atom stereocenters. The lowest BCUT2D eigenvalue weighted by atomic mass is 9.83. The van der Waals surface area contributed by atoms with Crippen molar-refractivity contribution in [3.63, 3.8) is 0 Å². The van der Waals surface area contributed by atoms with Crippen molar-refractivity contribution in [1.82, 2.24) is 9.97 Å². The summed E-state index contributed by atoms with van der Waals surface area (Å²) in [4.78, 5) is 18.4. The number of H-pyrrole nitrogens is 1. The lowest BCUT2D eigenvalue weighted by molar-refractivity contribution is 0.376. The van der Waals surface area contributed by atoms with Crippen molar-refractivity contribution in [3.8, 4) is 0 Å². The number of hydrogen-bond donors (Lipinski definition) is 1. The van der Waals surface area contributed by atoms with Crippen molar-refractivity contribution in [1.29, 1.82) is 0 Å². The summed E-state index contributed by atoms with van der Waals surface area (Å²) in [6.07, 6.45) is 3.22. The number of aromatic nitrogens is 2. The molecule has 0 spiro atoms. The normalized spacial score (nSPS) is 11.6. The van der Waals surface area contributed by atoms with Gasteiger partial charge in [0.05, 0.1) is 0 Å². The summed E-state index contributed by atoms with van der Waals surface area (Å²) >= 11 is 0. The van der Waals surface area contributed by atoms with Gasteiger partial charge in [0.1, 0.15) is 5.69 Å². The molecule has 0 aliphatic carbocycles. The van der Waals surface area contributed by atoms with Crippen LogP contribution in [0, 0.1) is 11.8 Å². The van der Waals surface area contributed by atoms with Crippen LogP contribution in [-0.4, -0.2) is 9.97 Å². The lowest BCUT2D eigenvalue weighted by Gasteiger charge is -2.22. The highest BCUT2D eigenvalue weighted by atomic mass is 16.1. The summed E-state index contributed by atoms with van der Waals surface area (Å²) in [5.74, 6) is 1.11. The maximum atomic E-state index is 11.6. The molecule has 1 heterocycles. The first-order valence-electron chi connectivity index (χ1n) is 5.07. The van der Waals surface area contributed by atoms with Gasteiger partial charge in [-0.2, -0.15) is 0 Å². The molecule has 3 nitrogen and oxygen atoms in total. The third-order valence-electron chi connectivity index (χ3n) is 2.49. The molecule has 0 radical (unpaired) electrons. The minimum absolute atomic E-state index is 0.0556. The number of nitrogens with zero attached hydrogens (tertiary/aromatic N) is 1. The van der Waals surface area contributed by atoms with Gasteiger partial charge in [0.15, 0.2) is 0 Å².